The maximum atomic E-state index is 12.7. The third-order valence-corrected chi connectivity index (χ3v) is 4.98. The quantitative estimate of drug-likeness (QED) is 0.748. The van der Waals surface area contributed by atoms with E-state index < -0.39 is 34.2 Å². The highest BCUT2D eigenvalue weighted by Crippen LogP contribution is 2.31. The number of anilines is 2. The molecule has 0 aliphatic carbocycles. The van der Waals surface area contributed by atoms with E-state index in [-0.39, 0.29) is 11.4 Å². The first-order valence-corrected chi connectivity index (χ1v) is 9.93. The van der Waals surface area contributed by atoms with Gasteiger partial charge in [-0.25, -0.2) is 8.42 Å². The third-order valence-electron chi connectivity index (χ3n) is 3.61. The summed E-state index contributed by atoms with van der Waals surface area (Å²) in [5, 5.41) is 2.79. The number of benzene rings is 2. The topological polar surface area (TPSA) is 75.7 Å². The summed E-state index contributed by atoms with van der Waals surface area (Å²) in [5.74, 6) is -0.427. The molecule has 0 unspecified atom stereocenters. The maximum absolute atomic E-state index is 12.7. The molecule has 0 heterocycles. The van der Waals surface area contributed by atoms with Gasteiger partial charge in [0.15, 0.2) is 0 Å². The molecule has 0 spiro atoms. The minimum atomic E-state index is -4.56. The molecule has 0 fully saturated rings. The number of rotatable bonds is 6. The van der Waals surface area contributed by atoms with Gasteiger partial charge in [-0.1, -0.05) is 11.6 Å². The number of hydrogen-bond acceptors (Lipinski definition) is 4. The predicted molar refractivity (Wildman–Crippen MR) is 100 cm³/mol. The summed E-state index contributed by atoms with van der Waals surface area (Å²) in [7, 11) is -2.56. The van der Waals surface area contributed by atoms with Gasteiger partial charge in [0.25, 0.3) is 0 Å². The number of amides is 1. The maximum Gasteiger partial charge on any atom is 0.416 e. The molecule has 2 aromatic rings. The second-order valence-electron chi connectivity index (χ2n) is 5.71. The Balaban J connectivity index is 2.26. The van der Waals surface area contributed by atoms with Gasteiger partial charge in [0.05, 0.1) is 30.3 Å². The van der Waals surface area contributed by atoms with Crippen LogP contribution < -0.4 is 14.4 Å². The Morgan fingerprint density at radius 2 is 1.79 bits per heavy atom. The second kappa shape index (κ2) is 8.27. The Hall–Kier alpha value is -2.46. The van der Waals surface area contributed by atoms with Crippen LogP contribution in [0.15, 0.2) is 42.5 Å². The molecule has 0 atom stereocenters. The Morgan fingerprint density at radius 3 is 2.29 bits per heavy atom. The molecular weight excluding hydrogens is 421 g/mol. The number of sulfonamides is 1. The molecular formula is C17H16ClF3N2O4S. The molecule has 0 saturated heterocycles. The minimum Gasteiger partial charge on any atom is -0.495 e. The van der Waals surface area contributed by atoms with Crippen LogP contribution in [0.2, 0.25) is 5.02 Å². The van der Waals surface area contributed by atoms with E-state index in [9.17, 15) is 26.4 Å². The minimum absolute atomic E-state index is 0.0799. The molecule has 1 amide bonds. The molecule has 0 radical (unpaired) electrons. The lowest BCUT2D eigenvalue weighted by Gasteiger charge is -2.22. The lowest BCUT2D eigenvalue weighted by molar-refractivity contribution is -0.137. The van der Waals surface area contributed by atoms with Gasteiger partial charge in [-0.3, -0.25) is 9.10 Å². The van der Waals surface area contributed by atoms with Gasteiger partial charge >= 0.3 is 6.18 Å². The highest BCUT2D eigenvalue weighted by molar-refractivity contribution is 7.92. The smallest absolute Gasteiger partial charge is 0.416 e. The van der Waals surface area contributed by atoms with Gasteiger partial charge in [-0.05, 0) is 42.5 Å². The van der Waals surface area contributed by atoms with Crippen molar-refractivity contribution in [2.24, 2.45) is 0 Å². The van der Waals surface area contributed by atoms with E-state index in [1.807, 2.05) is 0 Å². The summed E-state index contributed by atoms with van der Waals surface area (Å²) in [5.41, 5.74) is -0.789. The fourth-order valence-corrected chi connectivity index (χ4v) is 3.34. The first-order valence-electron chi connectivity index (χ1n) is 7.70. The van der Waals surface area contributed by atoms with E-state index in [0.29, 0.717) is 15.1 Å². The number of nitrogens with zero attached hydrogens (tertiary/aromatic N) is 1. The summed E-state index contributed by atoms with van der Waals surface area (Å²) < 4.78 is 68.0. The van der Waals surface area contributed by atoms with Crippen molar-refractivity contribution in [1.29, 1.82) is 0 Å². The van der Waals surface area contributed by atoms with Crippen molar-refractivity contribution in [2.75, 3.05) is 29.5 Å². The zero-order chi connectivity index (χ0) is 21.1. The van der Waals surface area contributed by atoms with Crippen LogP contribution >= 0.6 is 11.6 Å². The molecule has 152 valence electrons. The fourth-order valence-electron chi connectivity index (χ4n) is 2.31. The van der Waals surface area contributed by atoms with Crippen LogP contribution in [0.3, 0.4) is 0 Å². The molecule has 0 aliphatic rings. The average molecular weight is 437 g/mol. The van der Waals surface area contributed by atoms with E-state index >= 15 is 0 Å². The summed E-state index contributed by atoms with van der Waals surface area (Å²) in [6, 6.07) is 7.93. The fraction of sp³-hybridized carbons (Fsp3) is 0.235. The monoisotopic (exact) mass is 436 g/mol. The number of ether oxygens (including phenoxy) is 1. The molecule has 6 nitrogen and oxygen atoms in total. The van der Waals surface area contributed by atoms with E-state index in [1.54, 1.807) is 6.07 Å². The number of nitrogens with one attached hydrogen (secondary N) is 1. The SMILES string of the molecule is COc1ccc(Cl)cc1NC(=O)CN(c1ccc(C(F)(F)F)cc1)S(C)(=O)=O. The van der Waals surface area contributed by atoms with Crippen molar-refractivity contribution in [1.82, 2.24) is 0 Å². The van der Waals surface area contributed by atoms with Crippen molar-refractivity contribution < 1.29 is 31.1 Å². The van der Waals surface area contributed by atoms with Gasteiger partial charge in [0.1, 0.15) is 12.3 Å². The zero-order valence-electron chi connectivity index (χ0n) is 14.7. The van der Waals surface area contributed by atoms with E-state index in [1.165, 1.54) is 19.2 Å². The van der Waals surface area contributed by atoms with Crippen LogP contribution in [0, 0.1) is 0 Å². The molecule has 2 aromatic carbocycles. The largest absolute Gasteiger partial charge is 0.495 e. The molecule has 0 aromatic heterocycles. The van der Waals surface area contributed by atoms with Crippen LogP contribution in [0.1, 0.15) is 5.56 Å². The van der Waals surface area contributed by atoms with E-state index in [0.717, 1.165) is 30.5 Å². The van der Waals surface area contributed by atoms with Crippen LogP contribution in [-0.2, 0) is 21.0 Å². The Morgan fingerprint density at radius 1 is 1.18 bits per heavy atom. The van der Waals surface area contributed by atoms with Gasteiger partial charge in [-0.15, -0.1) is 0 Å². The summed E-state index contributed by atoms with van der Waals surface area (Å²) in [6.07, 6.45) is -3.72. The van der Waals surface area contributed by atoms with Crippen LogP contribution in [0.25, 0.3) is 0 Å². The van der Waals surface area contributed by atoms with Crippen molar-refractivity contribution in [3.63, 3.8) is 0 Å². The normalized spacial score (nSPS) is 11.8. The van der Waals surface area contributed by atoms with Crippen molar-refractivity contribution >= 4 is 38.9 Å². The number of carbonyl (C=O) groups is 1. The zero-order valence-corrected chi connectivity index (χ0v) is 16.3. The van der Waals surface area contributed by atoms with E-state index in [4.69, 9.17) is 16.3 Å². The van der Waals surface area contributed by atoms with Crippen LogP contribution in [0.4, 0.5) is 24.5 Å². The van der Waals surface area contributed by atoms with E-state index in [2.05, 4.69) is 5.32 Å². The average Bonchev–Trinajstić information content (AvgIpc) is 2.58. The first-order chi connectivity index (χ1) is 12.9. The Labute approximate surface area is 164 Å². The van der Waals surface area contributed by atoms with Gasteiger partial charge in [0.2, 0.25) is 15.9 Å². The van der Waals surface area contributed by atoms with Crippen molar-refractivity contribution in [3.05, 3.63) is 53.1 Å². The first kappa shape index (κ1) is 21.8. The van der Waals surface area contributed by atoms with Crippen molar-refractivity contribution in [3.8, 4) is 5.75 Å². The number of alkyl halides is 3. The molecule has 1 N–H and O–H groups in total. The number of carbonyl (C=O) groups excluding carboxylic acids is 1. The Bertz CT molecular complexity index is 963. The van der Waals surface area contributed by atoms with Gasteiger partial charge in [-0.2, -0.15) is 13.2 Å². The third kappa shape index (κ3) is 5.52. The van der Waals surface area contributed by atoms with Gasteiger partial charge < -0.3 is 10.1 Å². The summed E-state index contributed by atoms with van der Waals surface area (Å²) in [4.78, 5) is 12.4. The number of halogens is 4. The van der Waals surface area contributed by atoms with Crippen LogP contribution in [0.5, 0.6) is 5.75 Å². The summed E-state index contributed by atoms with van der Waals surface area (Å²) in [6.45, 7) is -0.653. The summed E-state index contributed by atoms with van der Waals surface area (Å²) >= 11 is 5.88. The lowest BCUT2D eigenvalue weighted by atomic mass is 10.2. The molecule has 0 saturated carbocycles. The highest BCUT2D eigenvalue weighted by Gasteiger charge is 2.31. The van der Waals surface area contributed by atoms with Crippen LogP contribution in [-0.4, -0.2) is 34.2 Å². The molecule has 0 bridgehead atoms. The highest BCUT2D eigenvalue weighted by atomic mass is 35.5. The van der Waals surface area contributed by atoms with Crippen molar-refractivity contribution in [2.45, 2.75) is 6.18 Å². The standard InChI is InChI=1S/C17H16ClF3N2O4S/c1-27-15-8-5-12(18)9-14(15)22-16(24)10-23(28(2,25)26)13-6-3-11(4-7-13)17(19,20)21/h3-9H,10H2,1-2H3,(H,22,24). The molecule has 0 aliphatic heterocycles. The second-order valence-corrected chi connectivity index (χ2v) is 8.05. The lowest BCUT2D eigenvalue weighted by Crippen LogP contribution is -2.37. The van der Waals surface area contributed by atoms with Gasteiger partial charge in [0, 0.05) is 5.02 Å². The molecule has 2 rings (SSSR count). The number of hydrogen-bond donors (Lipinski definition) is 1. The molecule has 28 heavy (non-hydrogen) atoms. The Kier molecular flexibility index (Phi) is 6.45. The molecule has 11 heteroatoms. The predicted octanol–water partition coefficient (Wildman–Crippen LogP) is 3.77. The number of methoxy groups -OCH3 is 1.